The predicted molar refractivity (Wildman–Crippen MR) is 48.6 cm³/mol. The number of hydrogen-bond donors (Lipinski definition) is 0. The monoisotopic (exact) mass is 165 g/mol. The van der Waals surface area contributed by atoms with Crippen LogP contribution in [0.15, 0.2) is 23.6 Å². The summed E-state index contributed by atoms with van der Waals surface area (Å²) in [4.78, 5) is 2.30. The second kappa shape index (κ2) is 2.85. The van der Waals surface area contributed by atoms with E-state index in [2.05, 4.69) is 31.0 Å². The summed E-state index contributed by atoms with van der Waals surface area (Å²) in [5.41, 5.74) is 1.28. The smallest absolute Gasteiger partial charge is 0.120 e. The third kappa shape index (κ3) is 1.11. The van der Waals surface area contributed by atoms with Gasteiger partial charge in [-0.25, -0.2) is 0 Å². The van der Waals surface area contributed by atoms with Gasteiger partial charge in [0.1, 0.15) is 12.4 Å². The summed E-state index contributed by atoms with van der Waals surface area (Å²) in [6.45, 7) is 3.02. The van der Waals surface area contributed by atoms with Crippen LogP contribution >= 0.6 is 0 Å². The molecule has 0 aromatic rings. The molecule has 2 aliphatic rings. The number of ether oxygens (including phenoxy) is 1. The lowest BCUT2D eigenvalue weighted by Gasteiger charge is -2.36. The maximum atomic E-state index is 5.65. The van der Waals surface area contributed by atoms with Crippen LogP contribution in [0.2, 0.25) is 0 Å². The Morgan fingerprint density at radius 3 is 3.25 bits per heavy atom. The average Bonchev–Trinajstić information content (AvgIpc) is 2.12. The molecule has 0 radical (unpaired) electrons. The lowest BCUT2D eigenvalue weighted by atomic mass is 10.1. The van der Waals surface area contributed by atoms with Crippen molar-refractivity contribution in [1.82, 2.24) is 4.90 Å². The fourth-order valence-electron chi connectivity index (χ4n) is 1.66. The van der Waals surface area contributed by atoms with E-state index in [0.29, 0.717) is 6.04 Å². The topological polar surface area (TPSA) is 12.5 Å². The standard InChI is InChI=1S/C10H15NO/c1-8-7-12-10-6-4-3-5-9(10)11(8)2/h3,5,8H,4,6-7H2,1-2H3. The van der Waals surface area contributed by atoms with Gasteiger partial charge in [0.25, 0.3) is 0 Å². The van der Waals surface area contributed by atoms with Crippen molar-refractivity contribution in [3.63, 3.8) is 0 Å². The van der Waals surface area contributed by atoms with Gasteiger partial charge in [0, 0.05) is 13.5 Å². The highest BCUT2D eigenvalue weighted by atomic mass is 16.5. The third-order valence-electron chi connectivity index (χ3n) is 2.64. The van der Waals surface area contributed by atoms with E-state index in [1.54, 1.807) is 0 Å². The summed E-state index contributed by atoms with van der Waals surface area (Å²) < 4.78 is 5.65. The van der Waals surface area contributed by atoms with Gasteiger partial charge in [-0.1, -0.05) is 6.08 Å². The van der Waals surface area contributed by atoms with Crippen LogP contribution in [0.1, 0.15) is 19.8 Å². The largest absolute Gasteiger partial charge is 0.494 e. The molecule has 0 fully saturated rings. The van der Waals surface area contributed by atoms with Gasteiger partial charge in [0.15, 0.2) is 0 Å². The molecule has 0 aromatic heterocycles. The molecule has 12 heavy (non-hydrogen) atoms. The second-order valence-electron chi connectivity index (χ2n) is 3.52. The van der Waals surface area contributed by atoms with Gasteiger partial charge in [-0.3, -0.25) is 0 Å². The maximum Gasteiger partial charge on any atom is 0.120 e. The normalized spacial score (nSPS) is 28.5. The Bertz CT molecular complexity index is 242. The van der Waals surface area contributed by atoms with Crippen molar-refractivity contribution in [2.75, 3.05) is 13.7 Å². The number of likely N-dealkylation sites (N-methyl/N-ethyl adjacent to an activating group) is 1. The molecule has 0 saturated heterocycles. The van der Waals surface area contributed by atoms with Crippen molar-refractivity contribution in [3.8, 4) is 0 Å². The van der Waals surface area contributed by atoms with Crippen molar-refractivity contribution in [2.45, 2.75) is 25.8 Å². The Hall–Kier alpha value is -0.920. The van der Waals surface area contributed by atoms with Crippen LogP contribution in [0.4, 0.5) is 0 Å². The van der Waals surface area contributed by atoms with Crippen molar-refractivity contribution < 1.29 is 4.74 Å². The van der Waals surface area contributed by atoms with Gasteiger partial charge in [0.05, 0.1) is 11.7 Å². The predicted octanol–water partition coefficient (Wildman–Crippen LogP) is 1.90. The zero-order valence-corrected chi connectivity index (χ0v) is 7.71. The maximum absolute atomic E-state index is 5.65. The zero-order valence-electron chi connectivity index (χ0n) is 7.71. The minimum atomic E-state index is 0.506. The Kier molecular flexibility index (Phi) is 1.83. The molecule has 0 saturated carbocycles. The molecule has 66 valence electrons. The van der Waals surface area contributed by atoms with E-state index in [9.17, 15) is 0 Å². The quantitative estimate of drug-likeness (QED) is 0.543. The van der Waals surface area contributed by atoms with Crippen LogP contribution in [-0.2, 0) is 4.74 Å². The minimum Gasteiger partial charge on any atom is -0.494 e. The molecule has 1 unspecified atom stereocenters. The number of nitrogens with zero attached hydrogens (tertiary/aromatic N) is 1. The molecule has 1 heterocycles. The van der Waals surface area contributed by atoms with E-state index in [1.165, 1.54) is 11.5 Å². The van der Waals surface area contributed by atoms with Crippen molar-refractivity contribution in [2.24, 2.45) is 0 Å². The van der Waals surface area contributed by atoms with Crippen LogP contribution < -0.4 is 0 Å². The molecule has 2 heteroatoms. The molecule has 0 aromatic carbocycles. The molecular formula is C10H15NO. The lowest BCUT2D eigenvalue weighted by Crippen LogP contribution is -2.37. The second-order valence-corrected chi connectivity index (χ2v) is 3.52. The van der Waals surface area contributed by atoms with Crippen LogP contribution in [0.3, 0.4) is 0 Å². The molecule has 0 bridgehead atoms. The van der Waals surface area contributed by atoms with E-state index in [-0.39, 0.29) is 0 Å². The van der Waals surface area contributed by atoms with Gasteiger partial charge in [-0.15, -0.1) is 0 Å². The fraction of sp³-hybridized carbons (Fsp3) is 0.600. The van der Waals surface area contributed by atoms with Gasteiger partial charge < -0.3 is 9.64 Å². The average molecular weight is 165 g/mol. The van der Waals surface area contributed by atoms with Crippen LogP contribution in [-0.4, -0.2) is 24.6 Å². The molecule has 1 aliphatic heterocycles. The number of hydrogen-bond acceptors (Lipinski definition) is 2. The van der Waals surface area contributed by atoms with Crippen molar-refractivity contribution >= 4 is 0 Å². The van der Waals surface area contributed by atoms with E-state index >= 15 is 0 Å². The van der Waals surface area contributed by atoms with E-state index in [1.807, 2.05) is 0 Å². The van der Waals surface area contributed by atoms with Gasteiger partial charge in [-0.2, -0.15) is 0 Å². The van der Waals surface area contributed by atoms with Gasteiger partial charge >= 0.3 is 0 Å². The zero-order chi connectivity index (χ0) is 8.55. The van der Waals surface area contributed by atoms with Gasteiger partial charge in [-0.05, 0) is 19.4 Å². The molecule has 2 rings (SSSR count). The first kappa shape index (κ1) is 7.71. The molecule has 0 spiro atoms. The van der Waals surface area contributed by atoms with E-state index in [0.717, 1.165) is 19.4 Å². The molecular weight excluding hydrogens is 150 g/mol. The first-order valence-corrected chi connectivity index (χ1v) is 4.54. The number of allylic oxidation sites excluding steroid dienone is 3. The highest BCUT2D eigenvalue weighted by molar-refractivity contribution is 5.26. The SMILES string of the molecule is CC1COC2=C(C=CCC2)N1C. The lowest BCUT2D eigenvalue weighted by molar-refractivity contribution is 0.0954. The highest BCUT2D eigenvalue weighted by Crippen LogP contribution is 2.27. The third-order valence-corrected chi connectivity index (χ3v) is 2.64. The van der Waals surface area contributed by atoms with Crippen LogP contribution in [0, 0.1) is 0 Å². The van der Waals surface area contributed by atoms with Crippen LogP contribution in [0.5, 0.6) is 0 Å². The van der Waals surface area contributed by atoms with E-state index in [4.69, 9.17) is 4.74 Å². The van der Waals surface area contributed by atoms with Crippen molar-refractivity contribution in [1.29, 1.82) is 0 Å². The summed E-state index contributed by atoms with van der Waals surface area (Å²) in [5, 5.41) is 0. The van der Waals surface area contributed by atoms with Gasteiger partial charge in [0.2, 0.25) is 0 Å². The first-order chi connectivity index (χ1) is 5.79. The summed E-state index contributed by atoms with van der Waals surface area (Å²) in [6.07, 6.45) is 6.59. The molecule has 2 nitrogen and oxygen atoms in total. The van der Waals surface area contributed by atoms with Crippen molar-refractivity contribution in [3.05, 3.63) is 23.6 Å². The summed E-state index contributed by atoms with van der Waals surface area (Å²) >= 11 is 0. The Morgan fingerprint density at radius 1 is 1.58 bits per heavy atom. The Morgan fingerprint density at radius 2 is 2.42 bits per heavy atom. The fourth-order valence-corrected chi connectivity index (χ4v) is 1.66. The summed E-state index contributed by atoms with van der Waals surface area (Å²) in [6, 6.07) is 0.506. The summed E-state index contributed by atoms with van der Waals surface area (Å²) in [5.74, 6) is 1.18. The molecule has 1 aliphatic carbocycles. The summed E-state index contributed by atoms with van der Waals surface area (Å²) in [7, 11) is 2.14. The molecule has 0 amide bonds. The minimum absolute atomic E-state index is 0.506. The highest BCUT2D eigenvalue weighted by Gasteiger charge is 2.23. The van der Waals surface area contributed by atoms with Crippen LogP contribution in [0.25, 0.3) is 0 Å². The Labute approximate surface area is 73.5 Å². The molecule has 1 atom stereocenters. The first-order valence-electron chi connectivity index (χ1n) is 4.54. The Balaban J connectivity index is 2.28. The van der Waals surface area contributed by atoms with E-state index < -0.39 is 0 Å². The number of rotatable bonds is 0. The molecule has 0 N–H and O–H groups in total.